The van der Waals surface area contributed by atoms with Gasteiger partial charge in [-0.1, -0.05) is 43.7 Å². The Morgan fingerprint density at radius 1 is 1.08 bits per heavy atom. The fraction of sp³-hybridized carbons (Fsp3) is 0.370. The molecule has 196 valence electrons. The van der Waals surface area contributed by atoms with Crippen LogP contribution in [0.1, 0.15) is 43.5 Å². The smallest absolute Gasteiger partial charge is 0.326 e. The molecule has 0 spiro atoms. The summed E-state index contributed by atoms with van der Waals surface area (Å²) in [6.45, 7) is 7.68. The van der Waals surface area contributed by atoms with E-state index < -0.39 is 35.8 Å². The van der Waals surface area contributed by atoms with Crippen LogP contribution in [0.3, 0.4) is 0 Å². The third kappa shape index (κ3) is 5.05. The van der Waals surface area contributed by atoms with E-state index in [2.05, 4.69) is 10.6 Å². The summed E-state index contributed by atoms with van der Waals surface area (Å²) in [7, 11) is 0. The molecule has 10 heteroatoms. The molecule has 0 aromatic heterocycles. The molecule has 0 radical (unpaired) electrons. The summed E-state index contributed by atoms with van der Waals surface area (Å²) in [5.74, 6) is -1.05. The number of aryl methyl sites for hydroxylation is 1. The molecule has 37 heavy (non-hydrogen) atoms. The molecular weight excluding hydrogens is 485 g/mol. The van der Waals surface area contributed by atoms with E-state index >= 15 is 0 Å². The second-order valence-corrected chi connectivity index (χ2v) is 9.58. The number of halogens is 3. The number of amides is 4. The Balaban J connectivity index is 1.67. The van der Waals surface area contributed by atoms with Crippen LogP contribution in [0.4, 0.5) is 23.7 Å². The zero-order valence-corrected chi connectivity index (χ0v) is 21.0. The maximum Gasteiger partial charge on any atom is 0.416 e. The van der Waals surface area contributed by atoms with E-state index in [1.54, 1.807) is 19.1 Å². The number of benzene rings is 2. The molecule has 2 unspecified atom stereocenters. The quantitative estimate of drug-likeness (QED) is 0.578. The summed E-state index contributed by atoms with van der Waals surface area (Å²) in [6.07, 6.45) is -4.51. The van der Waals surface area contributed by atoms with Crippen LogP contribution >= 0.6 is 0 Å². The molecule has 2 atom stereocenters. The van der Waals surface area contributed by atoms with Crippen molar-refractivity contribution in [3.63, 3.8) is 0 Å². The van der Waals surface area contributed by atoms with Gasteiger partial charge in [0.25, 0.3) is 5.91 Å². The highest BCUT2D eigenvalue weighted by Gasteiger charge is 2.47. The Bertz CT molecular complexity index is 1240. The Morgan fingerprint density at radius 3 is 2.24 bits per heavy atom. The van der Waals surface area contributed by atoms with Gasteiger partial charge in [0.1, 0.15) is 6.04 Å². The number of carbonyl (C=O) groups is 3. The first kappa shape index (κ1) is 26.2. The highest BCUT2D eigenvalue weighted by Crippen LogP contribution is 2.39. The lowest BCUT2D eigenvalue weighted by atomic mass is 9.94. The predicted molar refractivity (Wildman–Crippen MR) is 132 cm³/mol. The molecule has 2 aromatic carbocycles. The number of alkyl halides is 3. The Labute approximate surface area is 213 Å². The summed E-state index contributed by atoms with van der Waals surface area (Å²) < 4.78 is 39.2. The molecule has 2 aliphatic heterocycles. The maximum absolute atomic E-state index is 13.8. The first-order valence-corrected chi connectivity index (χ1v) is 12.1. The fourth-order valence-electron chi connectivity index (χ4n) is 4.84. The van der Waals surface area contributed by atoms with Crippen molar-refractivity contribution in [3.05, 3.63) is 76.5 Å². The molecule has 0 saturated carbocycles. The molecule has 4 rings (SSSR count). The number of hydrogen-bond donors (Lipinski definition) is 2. The summed E-state index contributed by atoms with van der Waals surface area (Å²) in [5, 5.41) is 5.63. The van der Waals surface area contributed by atoms with Gasteiger partial charge in [0, 0.05) is 12.2 Å². The monoisotopic (exact) mass is 514 g/mol. The minimum Gasteiger partial charge on any atom is -0.326 e. The predicted octanol–water partition coefficient (Wildman–Crippen LogP) is 4.86. The van der Waals surface area contributed by atoms with Gasteiger partial charge in [-0.2, -0.15) is 13.2 Å². The van der Waals surface area contributed by atoms with Gasteiger partial charge in [0.05, 0.1) is 29.4 Å². The number of hydrogen-bond acceptors (Lipinski definition) is 3. The van der Waals surface area contributed by atoms with Crippen LogP contribution < -0.4 is 10.6 Å². The second kappa shape index (κ2) is 9.91. The zero-order chi connectivity index (χ0) is 27.1. The highest BCUT2D eigenvalue weighted by atomic mass is 19.4. The van der Waals surface area contributed by atoms with Gasteiger partial charge in [-0.15, -0.1) is 0 Å². The minimum atomic E-state index is -4.51. The number of carbonyl (C=O) groups excluding carboxylic acids is 3. The molecule has 2 N–H and O–H groups in total. The van der Waals surface area contributed by atoms with E-state index in [0.29, 0.717) is 16.9 Å². The first-order chi connectivity index (χ1) is 17.4. The number of nitrogens with one attached hydrogen (secondary N) is 2. The largest absolute Gasteiger partial charge is 0.416 e. The molecule has 2 aromatic rings. The van der Waals surface area contributed by atoms with Gasteiger partial charge in [-0.05, 0) is 49.6 Å². The maximum atomic E-state index is 13.8. The van der Waals surface area contributed by atoms with Crippen molar-refractivity contribution in [2.24, 2.45) is 5.92 Å². The molecule has 2 heterocycles. The number of anilines is 1. The lowest BCUT2D eigenvalue weighted by molar-refractivity contribution is -0.137. The van der Waals surface area contributed by atoms with E-state index in [1.807, 2.05) is 32.9 Å². The number of likely N-dealkylation sites (N-methyl/N-ethyl adjacent to an activating group) is 1. The average Bonchev–Trinajstić information content (AvgIpc) is 3.16. The fourth-order valence-corrected chi connectivity index (χ4v) is 4.84. The first-order valence-electron chi connectivity index (χ1n) is 12.1. The summed E-state index contributed by atoms with van der Waals surface area (Å²) in [4.78, 5) is 42.9. The molecule has 2 aliphatic rings. The van der Waals surface area contributed by atoms with E-state index in [1.165, 1.54) is 21.9 Å². The van der Waals surface area contributed by atoms with Gasteiger partial charge in [0.15, 0.2) is 0 Å². The zero-order valence-electron chi connectivity index (χ0n) is 21.0. The van der Waals surface area contributed by atoms with Gasteiger partial charge in [0.2, 0.25) is 5.91 Å². The Kier molecular flexibility index (Phi) is 7.03. The van der Waals surface area contributed by atoms with Gasteiger partial charge < -0.3 is 15.5 Å². The minimum absolute atomic E-state index is 0.0384. The van der Waals surface area contributed by atoms with E-state index in [9.17, 15) is 27.6 Å². The molecule has 4 amide bonds. The average molecular weight is 515 g/mol. The topological polar surface area (TPSA) is 81.8 Å². The van der Waals surface area contributed by atoms with Crippen LogP contribution in [0.5, 0.6) is 0 Å². The highest BCUT2D eigenvalue weighted by molar-refractivity contribution is 6.05. The van der Waals surface area contributed by atoms with Crippen LogP contribution in [0.25, 0.3) is 0 Å². The van der Waals surface area contributed by atoms with Gasteiger partial charge in [-0.25, -0.2) is 4.79 Å². The lowest BCUT2D eigenvalue weighted by Crippen LogP contribution is -2.49. The summed E-state index contributed by atoms with van der Waals surface area (Å²) in [5.41, 5.74) is 1.88. The van der Waals surface area contributed by atoms with Crippen molar-refractivity contribution >= 4 is 23.5 Å². The number of rotatable bonds is 6. The molecule has 0 aliphatic carbocycles. The lowest BCUT2D eigenvalue weighted by Gasteiger charge is -2.33. The SMILES string of the molecule is CCN1C(=O)NC(c2ccc(C(F)(F)F)cc2)C2=C1CN(C(C(=O)Nc1ccc(C)cc1)C(C)C)C2=O. The third-order valence-corrected chi connectivity index (χ3v) is 6.69. The second-order valence-electron chi connectivity index (χ2n) is 9.58. The normalized spacial score (nSPS) is 18.8. The summed E-state index contributed by atoms with van der Waals surface area (Å²) in [6, 6.07) is 9.46. The van der Waals surface area contributed by atoms with Crippen molar-refractivity contribution in [2.45, 2.75) is 46.0 Å². The summed E-state index contributed by atoms with van der Waals surface area (Å²) >= 11 is 0. The van der Waals surface area contributed by atoms with Gasteiger partial charge in [-0.3, -0.25) is 14.5 Å². The standard InChI is InChI=1S/C27H29F3N4O3/c1-5-33-20-14-34(23(15(2)3)24(35)31-19-12-6-16(4)7-13-19)25(36)21(20)22(32-26(33)37)17-8-10-18(11-9-17)27(28,29)30/h6-13,15,22-23H,5,14H2,1-4H3,(H,31,35)(H,32,37). The molecule has 0 saturated heterocycles. The van der Waals surface area contributed by atoms with E-state index in [-0.39, 0.29) is 30.5 Å². The van der Waals surface area contributed by atoms with Gasteiger partial charge >= 0.3 is 12.2 Å². The van der Waals surface area contributed by atoms with Crippen molar-refractivity contribution in [1.29, 1.82) is 0 Å². The number of nitrogens with zero attached hydrogens (tertiary/aromatic N) is 2. The van der Waals surface area contributed by atoms with Crippen molar-refractivity contribution in [2.75, 3.05) is 18.4 Å². The number of urea groups is 1. The Morgan fingerprint density at radius 2 is 1.70 bits per heavy atom. The van der Waals surface area contributed by atoms with E-state index in [4.69, 9.17) is 0 Å². The molecule has 7 nitrogen and oxygen atoms in total. The van der Waals surface area contributed by atoms with Crippen LogP contribution in [0, 0.1) is 12.8 Å². The Hall–Kier alpha value is -3.82. The van der Waals surface area contributed by atoms with E-state index in [0.717, 1.165) is 17.7 Å². The van der Waals surface area contributed by atoms with Crippen molar-refractivity contribution in [1.82, 2.24) is 15.1 Å². The molecular formula is C27H29F3N4O3. The third-order valence-electron chi connectivity index (χ3n) is 6.69. The van der Waals surface area contributed by atoms with Crippen molar-refractivity contribution in [3.8, 4) is 0 Å². The van der Waals surface area contributed by atoms with Crippen LogP contribution in [-0.4, -0.2) is 46.8 Å². The van der Waals surface area contributed by atoms with Crippen LogP contribution in [0.2, 0.25) is 0 Å². The van der Waals surface area contributed by atoms with Crippen LogP contribution in [0.15, 0.2) is 59.8 Å². The molecule has 0 bridgehead atoms. The van der Waals surface area contributed by atoms with Crippen molar-refractivity contribution < 1.29 is 27.6 Å². The van der Waals surface area contributed by atoms with Crippen LogP contribution in [-0.2, 0) is 15.8 Å². The molecule has 0 fully saturated rings.